The van der Waals surface area contributed by atoms with E-state index in [9.17, 15) is 17.6 Å². The fourth-order valence-electron chi connectivity index (χ4n) is 4.86. The molecule has 0 spiro atoms. The van der Waals surface area contributed by atoms with Gasteiger partial charge in [0, 0.05) is 5.41 Å². The highest BCUT2D eigenvalue weighted by molar-refractivity contribution is 5.14. The second kappa shape index (κ2) is 12.3. The molecule has 28 heavy (non-hydrogen) atoms. The molecule has 2 aliphatic rings. The molecule has 0 heterocycles. The molecular formula is C24H34F4. The van der Waals surface area contributed by atoms with E-state index < -0.39 is 12.2 Å². The molecule has 0 radical (unpaired) electrons. The van der Waals surface area contributed by atoms with E-state index in [0.29, 0.717) is 25.7 Å². The van der Waals surface area contributed by atoms with Crippen LogP contribution in [0.2, 0.25) is 0 Å². The van der Waals surface area contributed by atoms with Crippen LogP contribution in [0, 0.1) is 17.3 Å². The predicted octanol–water partition coefficient (Wildman–Crippen LogP) is 8.98. The summed E-state index contributed by atoms with van der Waals surface area (Å²) < 4.78 is 48.7. The van der Waals surface area contributed by atoms with E-state index in [0.717, 1.165) is 36.8 Å². The summed E-state index contributed by atoms with van der Waals surface area (Å²) in [5, 5.41) is 0. The maximum atomic E-state index is 12.2. The van der Waals surface area contributed by atoms with Crippen molar-refractivity contribution < 1.29 is 17.6 Å². The van der Waals surface area contributed by atoms with Crippen molar-refractivity contribution >= 4 is 0 Å². The van der Waals surface area contributed by atoms with E-state index in [-0.39, 0.29) is 5.41 Å². The molecule has 4 heteroatoms. The molecule has 0 aliphatic heterocycles. The lowest BCUT2D eigenvalue weighted by Crippen LogP contribution is -2.28. The maximum Gasteiger partial charge on any atom is 0.266 e. The molecule has 0 amide bonds. The first kappa shape index (κ1) is 23.0. The van der Waals surface area contributed by atoms with Crippen molar-refractivity contribution in [2.24, 2.45) is 17.3 Å². The van der Waals surface area contributed by atoms with Crippen LogP contribution in [0.25, 0.3) is 0 Å². The van der Waals surface area contributed by atoms with Crippen molar-refractivity contribution in [2.45, 2.75) is 83.5 Å². The average Bonchev–Trinajstić information content (AvgIpc) is 2.68. The summed E-state index contributed by atoms with van der Waals surface area (Å²) in [5.41, 5.74) is -0.0406. The lowest BCUT2D eigenvalue weighted by Gasteiger charge is -2.40. The Balaban J connectivity index is 1.94. The lowest BCUT2D eigenvalue weighted by molar-refractivity contribution is 0.155. The SMILES string of the molecule is FC(F)=CCCC=CC1(C=CCCC=C(F)F)CCC(C2CCCCC2)CC1. The molecule has 0 saturated heterocycles. The van der Waals surface area contributed by atoms with Crippen LogP contribution in [0.5, 0.6) is 0 Å². The highest BCUT2D eigenvalue weighted by Gasteiger charge is 2.34. The Kier molecular flexibility index (Phi) is 10.1. The summed E-state index contributed by atoms with van der Waals surface area (Å²) in [7, 11) is 0. The van der Waals surface area contributed by atoms with Gasteiger partial charge in [-0.05, 0) is 75.4 Å². The summed E-state index contributed by atoms with van der Waals surface area (Å²) in [4.78, 5) is 0. The van der Waals surface area contributed by atoms with Gasteiger partial charge >= 0.3 is 0 Å². The van der Waals surface area contributed by atoms with E-state index in [4.69, 9.17) is 0 Å². The number of unbranched alkanes of at least 4 members (excludes halogenated alkanes) is 2. The molecular weight excluding hydrogens is 364 g/mol. The third-order valence-electron chi connectivity index (χ3n) is 6.44. The number of allylic oxidation sites excluding steroid dienone is 6. The number of halogens is 4. The summed E-state index contributed by atoms with van der Waals surface area (Å²) >= 11 is 0. The van der Waals surface area contributed by atoms with Gasteiger partial charge in [-0.25, -0.2) is 0 Å². The van der Waals surface area contributed by atoms with E-state index in [2.05, 4.69) is 12.2 Å². The molecule has 2 fully saturated rings. The second-order valence-electron chi connectivity index (χ2n) is 8.42. The minimum atomic E-state index is -1.62. The Labute approximate surface area is 167 Å². The zero-order chi connectivity index (χ0) is 20.2. The zero-order valence-corrected chi connectivity index (χ0v) is 16.8. The van der Waals surface area contributed by atoms with Crippen molar-refractivity contribution in [3.8, 4) is 0 Å². The van der Waals surface area contributed by atoms with Crippen LogP contribution in [0.1, 0.15) is 83.5 Å². The van der Waals surface area contributed by atoms with Gasteiger partial charge in [0.05, 0.1) is 0 Å². The average molecular weight is 399 g/mol. The van der Waals surface area contributed by atoms with Crippen LogP contribution >= 0.6 is 0 Å². The largest absolute Gasteiger partial charge is 0.266 e. The molecule has 0 aromatic rings. The van der Waals surface area contributed by atoms with E-state index in [1.807, 2.05) is 12.2 Å². The van der Waals surface area contributed by atoms with Crippen molar-refractivity contribution in [3.63, 3.8) is 0 Å². The van der Waals surface area contributed by atoms with Gasteiger partial charge in [0.15, 0.2) is 0 Å². The Morgan fingerprint density at radius 3 is 1.57 bits per heavy atom. The minimum Gasteiger partial charge on any atom is -0.174 e. The van der Waals surface area contributed by atoms with E-state index >= 15 is 0 Å². The standard InChI is InChI=1S/C24H34F4/c25-22(26)12-6-2-8-16-24(17-9-3-7-13-23(27)28)18-14-21(15-19-24)20-10-4-1-5-11-20/h8-9,12-13,16-17,20-21H,1-7,10-11,14-15,18-19H2. The van der Waals surface area contributed by atoms with Crippen molar-refractivity contribution in [3.05, 3.63) is 48.6 Å². The van der Waals surface area contributed by atoms with Gasteiger partial charge in [-0.2, -0.15) is 17.6 Å². The predicted molar refractivity (Wildman–Crippen MR) is 108 cm³/mol. The van der Waals surface area contributed by atoms with Crippen molar-refractivity contribution in [1.29, 1.82) is 0 Å². The number of hydrogen-bond donors (Lipinski definition) is 0. The van der Waals surface area contributed by atoms with Gasteiger partial charge in [0.2, 0.25) is 0 Å². The van der Waals surface area contributed by atoms with Gasteiger partial charge in [-0.3, -0.25) is 0 Å². The lowest BCUT2D eigenvalue weighted by atomic mass is 9.65. The molecule has 2 saturated carbocycles. The van der Waals surface area contributed by atoms with Gasteiger partial charge in [0.1, 0.15) is 0 Å². The number of rotatable bonds is 9. The van der Waals surface area contributed by atoms with Crippen LogP contribution in [0.4, 0.5) is 17.6 Å². The van der Waals surface area contributed by atoms with Gasteiger partial charge in [-0.1, -0.05) is 56.4 Å². The third-order valence-corrected chi connectivity index (χ3v) is 6.44. The molecule has 2 rings (SSSR count). The van der Waals surface area contributed by atoms with Crippen LogP contribution in [-0.2, 0) is 0 Å². The first-order valence-electron chi connectivity index (χ1n) is 10.9. The highest BCUT2D eigenvalue weighted by Crippen LogP contribution is 2.46. The monoisotopic (exact) mass is 398 g/mol. The fourth-order valence-corrected chi connectivity index (χ4v) is 4.86. The Hall–Kier alpha value is -1.32. The Bertz CT molecular complexity index is 517. The first-order valence-corrected chi connectivity index (χ1v) is 10.9. The van der Waals surface area contributed by atoms with Gasteiger partial charge < -0.3 is 0 Å². The molecule has 0 unspecified atom stereocenters. The normalized spacial score (nSPS) is 26.6. The van der Waals surface area contributed by atoms with Crippen LogP contribution in [0.15, 0.2) is 48.6 Å². The topological polar surface area (TPSA) is 0 Å². The summed E-state index contributed by atoms with van der Waals surface area (Å²) in [6.45, 7) is 0. The van der Waals surface area contributed by atoms with Crippen molar-refractivity contribution in [1.82, 2.24) is 0 Å². The maximum absolute atomic E-state index is 12.2. The second-order valence-corrected chi connectivity index (χ2v) is 8.42. The Morgan fingerprint density at radius 2 is 1.11 bits per heavy atom. The summed E-state index contributed by atoms with van der Waals surface area (Å²) in [5.74, 6) is 1.68. The minimum absolute atomic E-state index is 0.0406. The molecule has 0 aromatic heterocycles. The molecule has 0 nitrogen and oxygen atoms in total. The summed E-state index contributed by atoms with van der Waals surface area (Å²) in [6.07, 6.45) is 20.4. The summed E-state index contributed by atoms with van der Waals surface area (Å²) in [6, 6.07) is 0. The molecule has 0 aromatic carbocycles. The third kappa shape index (κ3) is 8.36. The molecule has 2 aliphatic carbocycles. The van der Waals surface area contributed by atoms with Crippen LogP contribution in [0.3, 0.4) is 0 Å². The van der Waals surface area contributed by atoms with Gasteiger partial charge in [0.25, 0.3) is 12.2 Å². The van der Waals surface area contributed by atoms with E-state index in [1.165, 1.54) is 44.9 Å². The van der Waals surface area contributed by atoms with Crippen LogP contribution < -0.4 is 0 Å². The first-order chi connectivity index (χ1) is 13.5. The van der Waals surface area contributed by atoms with Crippen molar-refractivity contribution in [2.75, 3.05) is 0 Å². The fraction of sp³-hybridized carbons (Fsp3) is 0.667. The molecule has 0 N–H and O–H groups in total. The smallest absolute Gasteiger partial charge is 0.174 e. The number of hydrogen-bond acceptors (Lipinski definition) is 0. The molecule has 158 valence electrons. The van der Waals surface area contributed by atoms with Crippen LogP contribution in [-0.4, -0.2) is 0 Å². The Morgan fingerprint density at radius 1 is 0.643 bits per heavy atom. The molecule has 0 bridgehead atoms. The van der Waals surface area contributed by atoms with E-state index in [1.54, 1.807) is 0 Å². The molecule has 0 atom stereocenters. The quantitative estimate of drug-likeness (QED) is 0.206. The zero-order valence-electron chi connectivity index (χ0n) is 16.8. The highest BCUT2D eigenvalue weighted by atomic mass is 19.3. The van der Waals surface area contributed by atoms with Gasteiger partial charge in [-0.15, -0.1) is 0 Å².